The number of hydrogen-bond donors (Lipinski definition) is 1. The zero-order valence-electron chi connectivity index (χ0n) is 12.9. The van der Waals surface area contributed by atoms with Crippen molar-refractivity contribution in [2.75, 3.05) is 5.32 Å². The highest BCUT2D eigenvalue weighted by molar-refractivity contribution is 6.04. The van der Waals surface area contributed by atoms with Gasteiger partial charge in [-0.15, -0.1) is 10.2 Å². The number of carbonyl (C=O) groups excluding carboxylic acids is 1. The van der Waals surface area contributed by atoms with Crippen molar-refractivity contribution in [3.8, 4) is 11.3 Å². The van der Waals surface area contributed by atoms with Crippen molar-refractivity contribution in [1.82, 2.24) is 19.8 Å². The van der Waals surface area contributed by atoms with E-state index in [1.807, 2.05) is 12.1 Å². The molecule has 6 nitrogen and oxygen atoms in total. The molecule has 0 aliphatic rings. The maximum Gasteiger partial charge on any atom is 0.258 e. The summed E-state index contributed by atoms with van der Waals surface area (Å²) < 4.78 is 15.3. The lowest BCUT2D eigenvalue weighted by Gasteiger charge is -2.08. The molecule has 4 rings (SSSR count). The van der Waals surface area contributed by atoms with Crippen LogP contribution in [0.2, 0.25) is 0 Å². The Bertz CT molecular complexity index is 1080. The van der Waals surface area contributed by atoms with E-state index in [4.69, 9.17) is 0 Å². The summed E-state index contributed by atoms with van der Waals surface area (Å²) >= 11 is 0. The minimum absolute atomic E-state index is 0.00284. The van der Waals surface area contributed by atoms with E-state index in [2.05, 4.69) is 20.6 Å². The summed E-state index contributed by atoms with van der Waals surface area (Å²) in [7, 11) is 0. The van der Waals surface area contributed by atoms with E-state index in [-0.39, 0.29) is 5.56 Å². The highest BCUT2D eigenvalue weighted by Crippen LogP contribution is 2.21. The minimum Gasteiger partial charge on any atom is -0.322 e. The first-order valence-corrected chi connectivity index (χ1v) is 7.54. The fourth-order valence-corrected chi connectivity index (χ4v) is 2.48. The highest BCUT2D eigenvalue weighted by Gasteiger charge is 2.11. The van der Waals surface area contributed by atoms with Gasteiger partial charge in [0.05, 0.1) is 11.3 Å². The normalized spacial score (nSPS) is 10.8. The Morgan fingerprint density at radius 3 is 2.80 bits per heavy atom. The number of nitrogens with one attached hydrogen (secondary N) is 1. The molecule has 0 bridgehead atoms. The number of aromatic nitrogens is 4. The van der Waals surface area contributed by atoms with E-state index in [9.17, 15) is 9.18 Å². The van der Waals surface area contributed by atoms with Crippen LogP contribution in [-0.4, -0.2) is 25.7 Å². The van der Waals surface area contributed by atoms with Crippen LogP contribution in [0.5, 0.6) is 0 Å². The summed E-state index contributed by atoms with van der Waals surface area (Å²) in [5.74, 6) is -1.06. The Balaban J connectivity index is 1.63. The number of rotatable bonds is 3. The number of nitrogens with zero attached hydrogens (tertiary/aromatic N) is 4. The molecule has 2 aromatic carbocycles. The fraction of sp³-hybridized carbons (Fsp3) is 0. The Hall–Kier alpha value is -3.61. The lowest BCUT2D eigenvalue weighted by atomic mass is 10.1. The highest BCUT2D eigenvalue weighted by atomic mass is 19.1. The molecule has 0 saturated carbocycles. The second kappa shape index (κ2) is 6.12. The van der Waals surface area contributed by atoms with Gasteiger partial charge >= 0.3 is 0 Å². The monoisotopic (exact) mass is 333 g/mol. The second-order valence-corrected chi connectivity index (χ2v) is 5.37. The van der Waals surface area contributed by atoms with Gasteiger partial charge in [0.1, 0.15) is 12.1 Å². The predicted octanol–water partition coefficient (Wildman–Crippen LogP) is 3.18. The summed E-state index contributed by atoms with van der Waals surface area (Å²) in [6.45, 7) is 0. The first kappa shape index (κ1) is 14.9. The van der Waals surface area contributed by atoms with Crippen molar-refractivity contribution >= 4 is 17.2 Å². The third kappa shape index (κ3) is 2.94. The molecular formula is C18H12FN5O. The zero-order chi connectivity index (χ0) is 17.2. The lowest BCUT2D eigenvalue weighted by Crippen LogP contribution is -2.13. The summed E-state index contributed by atoms with van der Waals surface area (Å²) in [5, 5.41) is 14.8. The Kier molecular flexibility index (Phi) is 3.66. The first-order chi connectivity index (χ1) is 12.2. The average Bonchev–Trinajstić information content (AvgIpc) is 3.10. The third-order valence-corrected chi connectivity index (χ3v) is 3.70. The number of amides is 1. The molecule has 2 aromatic heterocycles. The molecule has 0 radical (unpaired) electrons. The summed E-state index contributed by atoms with van der Waals surface area (Å²) in [6, 6.07) is 16.7. The van der Waals surface area contributed by atoms with Crippen LogP contribution in [-0.2, 0) is 0 Å². The van der Waals surface area contributed by atoms with Gasteiger partial charge in [0.2, 0.25) is 0 Å². The van der Waals surface area contributed by atoms with Gasteiger partial charge in [-0.05, 0) is 36.4 Å². The number of carbonyl (C=O) groups is 1. The van der Waals surface area contributed by atoms with Gasteiger partial charge in [-0.1, -0.05) is 24.3 Å². The maximum atomic E-state index is 13.7. The third-order valence-electron chi connectivity index (χ3n) is 3.70. The molecule has 4 aromatic rings. The maximum absolute atomic E-state index is 13.7. The van der Waals surface area contributed by atoms with Crippen LogP contribution in [0.1, 0.15) is 10.4 Å². The molecule has 1 amide bonds. The second-order valence-electron chi connectivity index (χ2n) is 5.37. The van der Waals surface area contributed by atoms with E-state index < -0.39 is 11.7 Å². The molecule has 0 atom stereocenters. The Labute approximate surface area is 142 Å². The van der Waals surface area contributed by atoms with Gasteiger partial charge in [0, 0.05) is 11.3 Å². The van der Waals surface area contributed by atoms with Crippen LogP contribution in [0.15, 0.2) is 67.0 Å². The quantitative estimate of drug-likeness (QED) is 0.625. The molecule has 2 heterocycles. The van der Waals surface area contributed by atoms with Gasteiger partial charge in [-0.3, -0.25) is 4.79 Å². The minimum atomic E-state index is -0.559. The molecular weight excluding hydrogens is 321 g/mol. The average molecular weight is 333 g/mol. The van der Waals surface area contributed by atoms with Crippen LogP contribution in [0.3, 0.4) is 0 Å². The smallest absolute Gasteiger partial charge is 0.258 e. The van der Waals surface area contributed by atoms with Gasteiger partial charge in [0.15, 0.2) is 5.65 Å². The van der Waals surface area contributed by atoms with Crippen molar-refractivity contribution in [2.24, 2.45) is 0 Å². The van der Waals surface area contributed by atoms with Crippen LogP contribution in [0.4, 0.5) is 10.1 Å². The van der Waals surface area contributed by atoms with Crippen molar-refractivity contribution in [1.29, 1.82) is 0 Å². The number of benzene rings is 2. The molecule has 0 unspecified atom stereocenters. The van der Waals surface area contributed by atoms with E-state index in [1.54, 1.807) is 40.9 Å². The molecule has 0 fully saturated rings. The first-order valence-electron chi connectivity index (χ1n) is 7.54. The van der Waals surface area contributed by atoms with E-state index >= 15 is 0 Å². The van der Waals surface area contributed by atoms with Crippen LogP contribution >= 0.6 is 0 Å². The van der Waals surface area contributed by atoms with Gasteiger partial charge in [-0.25, -0.2) is 4.39 Å². The van der Waals surface area contributed by atoms with E-state index in [0.29, 0.717) is 17.0 Å². The summed E-state index contributed by atoms with van der Waals surface area (Å²) in [6.07, 6.45) is 1.52. The standard InChI is InChI=1S/C18H12FN5O/c19-15-7-2-1-6-14(15)18(25)21-13-5-3-4-12(10-13)16-8-9-17-22-20-11-24(17)23-16/h1-11H,(H,21,25). The Morgan fingerprint density at radius 2 is 1.92 bits per heavy atom. The SMILES string of the molecule is O=C(Nc1cccc(-c2ccc3nncn3n2)c1)c1ccccc1F. The Morgan fingerprint density at radius 1 is 1.04 bits per heavy atom. The molecule has 122 valence electrons. The van der Waals surface area contributed by atoms with Gasteiger partial charge in [0.25, 0.3) is 5.91 Å². The zero-order valence-corrected chi connectivity index (χ0v) is 12.9. The van der Waals surface area contributed by atoms with Crippen molar-refractivity contribution in [2.45, 2.75) is 0 Å². The van der Waals surface area contributed by atoms with Crippen LogP contribution in [0.25, 0.3) is 16.9 Å². The van der Waals surface area contributed by atoms with E-state index in [1.165, 1.54) is 18.5 Å². The van der Waals surface area contributed by atoms with Gasteiger partial charge < -0.3 is 5.32 Å². The van der Waals surface area contributed by atoms with Crippen molar-refractivity contribution < 1.29 is 9.18 Å². The largest absolute Gasteiger partial charge is 0.322 e. The van der Waals surface area contributed by atoms with Gasteiger partial charge in [-0.2, -0.15) is 9.61 Å². The summed E-state index contributed by atoms with van der Waals surface area (Å²) in [5.41, 5.74) is 2.71. The molecule has 25 heavy (non-hydrogen) atoms. The number of halogens is 1. The van der Waals surface area contributed by atoms with Crippen molar-refractivity contribution in [3.63, 3.8) is 0 Å². The molecule has 0 saturated heterocycles. The topological polar surface area (TPSA) is 72.2 Å². The lowest BCUT2D eigenvalue weighted by molar-refractivity contribution is 0.102. The number of hydrogen-bond acceptors (Lipinski definition) is 4. The fourth-order valence-electron chi connectivity index (χ4n) is 2.48. The number of anilines is 1. The molecule has 0 aliphatic carbocycles. The molecule has 0 spiro atoms. The molecule has 7 heteroatoms. The molecule has 0 aliphatic heterocycles. The molecule has 1 N–H and O–H groups in total. The van der Waals surface area contributed by atoms with Crippen LogP contribution < -0.4 is 5.32 Å². The van der Waals surface area contributed by atoms with E-state index in [0.717, 1.165) is 5.56 Å². The predicted molar refractivity (Wildman–Crippen MR) is 90.6 cm³/mol. The van der Waals surface area contributed by atoms with Crippen LogP contribution in [0, 0.1) is 5.82 Å². The summed E-state index contributed by atoms with van der Waals surface area (Å²) in [4.78, 5) is 12.2. The van der Waals surface area contributed by atoms with Crippen molar-refractivity contribution in [3.05, 3.63) is 78.4 Å². The number of fused-ring (bicyclic) bond motifs is 1.